The minimum absolute atomic E-state index is 0. The average molecular weight is 456 g/mol. The lowest BCUT2D eigenvalue weighted by Crippen LogP contribution is -2.38. The van der Waals surface area contributed by atoms with Gasteiger partial charge in [0.25, 0.3) is 0 Å². The van der Waals surface area contributed by atoms with Crippen molar-refractivity contribution < 1.29 is 9.18 Å². The van der Waals surface area contributed by atoms with Crippen molar-refractivity contribution in [2.24, 2.45) is 10.7 Å². The zero-order valence-electron chi connectivity index (χ0n) is 14.2. The van der Waals surface area contributed by atoms with Crippen LogP contribution in [0.1, 0.15) is 21.5 Å². The quantitative estimate of drug-likeness (QED) is 0.413. The molecule has 0 saturated carbocycles. The maximum Gasteiger partial charge on any atom is 0.248 e. The van der Waals surface area contributed by atoms with Crippen LogP contribution in [0.15, 0.2) is 53.5 Å². The van der Waals surface area contributed by atoms with Crippen molar-refractivity contribution in [2.75, 3.05) is 14.1 Å². The third kappa shape index (κ3) is 6.33. The summed E-state index contributed by atoms with van der Waals surface area (Å²) < 4.78 is 13.3. The van der Waals surface area contributed by atoms with Gasteiger partial charge in [-0.25, -0.2) is 4.39 Å². The van der Waals surface area contributed by atoms with Crippen molar-refractivity contribution in [3.63, 3.8) is 0 Å². The second-order valence-electron chi connectivity index (χ2n) is 5.45. The van der Waals surface area contributed by atoms with E-state index in [0.29, 0.717) is 24.6 Å². The van der Waals surface area contributed by atoms with Crippen LogP contribution in [0.3, 0.4) is 0 Å². The highest BCUT2D eigenvalue weighted by Crippen LogP contribution is 2.08. The molecule has 7 heteroatoms. The second kappa shape index (κ2) is 9.97. The molecule has 0 bridgehead atoms. The van der Waals surface area contributed by atoms with Crippen molar-refractivity contribution in [3.8, 4) is 0 Å². The van der Waals surface area contributed by atoms with Gasteiger partial charge in [0.15, 0.2) is 5.96 Å². The molecule has 0 saturated heterocycles. The number of amides is 1. The van der Waals surface area contributed by atoms with Crippen LogP contribution in [0.2, 0.25) is 0 Å². The molecule has 2 rings (SSSR count). The van der Waals surface area contributed by atoms with Crippen LogP contribution in [0.25, 0.3) is 0 Å². The van der Waals surface area contributed by atoms with E-state index in [-0.39, 0.29) is 29.8 Å². The number of guanidine groups is 1. The highest BCUT2D eigenvalue weighted by atomic mass is 127. The van der Waals surface area contributed by atoms with E-state index in [9.17, 15) is 9.18 Å². The third-order valence-corrected chi connectivity index (χ3v) is 3.54. The number of halogens is 2. The zero-order chi connectivity index (χ0) is 17.5. The summed E-state index contributed by atoms with van der Waals surface area (Å²) in [6.45, 7) is 1.03. The molecule has 25 heavy (non-hydrogen) atoms. The van der Waals surface area contributed by atoms with E-state index >= 15 is 0 Å². The summed E-state index contributed by atoms with van der Waals surface area (Å²) in [4.78, 5) is 17.3. The van der Waals surface area contributed by atoms with Crippen LogP contribution in [-0.4, -0.2) is 30.9 Å². The van der Waals surface area contributed by atoms with Gasteiger partial charge in [-0.1, -0.05) is 24.3 Å². The molecule has 2 aromatic carbocycles. The van der Waals surface area contributed by atoms with Gasteiger partial charge in [-0.05, 0) is 35.4 Å². The minimum Gasteiger partial charge on any atom is -0.366 e. The largest absolute Gasteiger partial charge is 0.366 e. The van der Waals surface area contributed by atoms with E-state index in [1.54, 1.807) is 31.3 Å². The highest BCUT2D eigenvalue weighted by Gasteiger charge is 2.08. The number of primary amides is 1. The molecule has 0 fully saturated rings. The molecule has 5 nitrogen and oxygen atoms in total. The molecule has 134 valence electrons. The molecule has 2 aromatic rings. The van der Waals surface area contributed by atoms with Crippen LogP contribution >= 0.6 is 24.0 Å². The molecule has 1 amide bonds. The first-order valence-electron chi connectivity index (χ1n) is 7.54. The molecule has 0 aromatic heterocycles. The number of nitrogens with zero attached hydrogens (tertiary/aromatic N) is 2. The van der Waals surface area contributed by atoms with Gasteiger partial charge >= 0.3 is 0 Å². The molecule has 0 heterocycles. The normalized spacial score (nSPS) is 10.8. The fourth-order valence-electron chi connectivity index (χ4n) is 2.38. The molecule has 3 N–H and O–H groups in total. The Morgan fingerprint density at radius 3 is 2.52 bits per heavy atom. The fraction of sp³-hybridized carbons (Fsp3) is 0.222. The number of benzene rings is 2. The topological polar surface area (TPSA) is 70.7 Å². The lowest BCUT2D eigenvalue weighted by molar-refractivity contribution is 0.1000. The SMILES string of the molecule is CN=C(NCc1cccc(C(N)=O)c1)N(C)Cc1cccc(F)c1.I. The van der Waals surface area contributed by atoms with Gasteiger partial charge in [0.2, 0.25) is 5.91 Å². The number of nitrogens with one attached hydrogen (secondary N) is 1. The van der Waals surface area contributed by atoms with E-state index in [4.69, 9.17) is 5.73 Å². The number of carbonyl (C=O) groups excluding carboxylic acids is 1. The summed E-state index contributed by atoms with van der Waals surface area (Å²) in [6.07, 6.45) is 0. The maximum atomic E-state index is 13.3. The van der Waals surface area contributed by atoms with Gasteiger partial charge in [0.05, 0.1) is 0 Å². The Labute approximate surface area is 164 Å². The molecular formula is C18H22FIN4O. The third-order valence-electron chi connectivity index (χ3n) is 3.54. The van der Waals surface area contributed by atoms with E-state index in [0.717, 1.165) is 11.1 Å². The Kier molecular flexibility index (Phi) is 8.33. The van der Waals surface area contributed by atoms with Crippen LogP contribution in [0.4, 0.5) is 4.39 Å². The molecule has 0 atom stereocenters. The summed E-state index contributed by atoms with van der Waals surface area (Å²) in [6, 6.07) is 13.6. The van der Waals surface area contributed by atoms with Crippen molar-refractivity contribution in [1.29, 1.82) is 0 Å². The summed E-state index contributed by atoms with van der Waals surface area (Å²) in [5.74, 6) is -0.0414. The first kappa shape index (κ1) is 20.9. The monoisotopic (exact) mass is 456 g/mol. The second-order valence-corrected chi connectivity index (χ2v) is 5.45. The molecule has 0 radical (unpaired) electrons. The zero-order valence-corrected chi connectivity index (χ0v) is 16.5. The van der Waals surface area contributed by atoms with Gasteiger partial charge in [0.1, 0.15) is 5.82 Å². The Morgan fingerprint density at radius 1 is 1.20 bits per heavy atom. The Hall–Kier alpha value is -2.16. The molecular weight excluding hydrogens is 434 g/mol. The summed E-state index contributed by atoms with van der Waals surface area (Å²) in [5, 5.41) is 3.22. The number of aliphatic imine (C=N–C) groups is 1. The number of hydrogen-bond acceptors (Lipinski definition) is 2. The Bertz CT molecular complexity index is 751. The van der Waals surface area contributed by atoms with Gasteiger partial charge in [0, 0.05) is 32.7 Å². The van der Waals surface area contributed by atoms with Crippen molar-refractivity contribution in [2.45, 2.75) is 13.1 Å². The molecule has 0 aliphatic carbocycles. The predicted octanol–water partition coefficient (Wildman–Crippen LogP) is 2.75. The smallest absolute Gasteiger partial charge is 0.248 e. The molecule has 0 aliphatic heterocycles. The lowest BCUT2D eigenvalue weighted by Gasteiger charge is -2.22. The summed E-state index contributed by atoms with van der Waals surface area (Å²) >= 11 is 0. The Morgan fingerprint density at radius 2 is 1.88 bits per heavy atom. The van der Waals surface area contributed by atoms with Crippen LogP contribution < -0.4 is 11.1 Å². The van der Waals surface area contributed by atoms with Crippen molar-refractivity contribution in [3.05, 3.63) is 71.0 Å². The summed E-state index contributed by atoms with van der Waals surface area (Å²) in [5.41, 5.74) is 7.54. The highest BCUT2D eigenvalue weighted by molar-refractivity contribution is 14.0. The average Bonchev–Trinajstić information content (AvgIpc) is 2.55. The first-order chi connectivity index (χ1) is 11.5. The molecule has 0 spiro atoms. The van der Waals surface area contributed by atoms with E-state index < -0.39 is 5.91 Å². The van der Waals surface area contributed by atoms with Gasteiger partial charge < -0.3 is 16.0 Å². The van der Waals surface area contributed by atoms with E-state index in [1.807, 2.05) is 24.1 Å². The lowest BCUT2D eigenvalue weighted by atomic mass is 10.1. The van der Waals surface area contributed by atoms with E-state index in [2.05, 4.69) is 10.3 Å². The fourth-order valence-corrected chi connectivity index (χ4v) is 2.38. The molecule has 0 aliphatic rings. The van der Waals surface area contributed by atoms with Gasteiger partial charge in [-0.3, -0.25) is 9.79 Å². The van der Waals surface area contributed by atoms with Crippen LogP contribution in [0.5, 0.6) is 0 Å². The number of hydrogen-bond donors (Lipinski definition) is 2. The van der Waals surface area contributed by atoms with Gasteiger partial charge in [-0.2, -0.15) is 0 Å². The van der Waals surface area contributed by atoms with Crippen LogP contribution in [-0.2, 0) is 13.1 Å². The Balaban J connectivity index is 0.00000312. The number of rotatable bonds is 5. The van der Waals surface area contributed by atoms with Crippen molar-refractivity contribution >= 4 is 35.8 Å². The standard InChI is InChI=1S/C18H21FN4O.HI/c1-21-18(23(2)12-14-6-4-8-16(19)10-14)22-11-13-5-3-7-15(9-13)17(20)24;/h3-10H,11-12H2,1-2H3,(H2,20,24)(H,21,22);1H. The van der Waals surface area contributed by atoms with E-state index in [1.165, 1.54) is 12.1 Å². The first-order valence-corrected chi connectivity index (χ1v) is 7.54. The maximum absolute atomic E-state index is 13.3. The van der Waals surface area contributed by atoms with Crippen LogP contribution in [0, 0.1) is 5.82 Å². The number of nitrogens with two attached hydrogens (primary N) is 1. The summed E-state index contributed by atoms with van der Waals surface area (Å²) in [7, 11) is 3.56. The molecule has 0 unspecified atom stereocenters. The van der Waals surface area contributed by atoms with Crippen molar-refractivity contribution in [1.82, 2.24) is 10.2 Å². The predicted molar refractivity (Wildman–Crippen MR) is 108 cm³/mol. The van der Waals surface area contributed by atoms with Gasteiger partial charge in [-0.15, -0.1) is 24.0 Å². The minimum atomic E-state index is -0.454. The number of carbonyl (C=O) groups is 1.